The molecule has 2 atom stereocenters. The van der Waals surface area contributed by atoms with E-state index in [1.165, 1.54) is 0 Å². The van der Waals surface area contributed by atoms with Crippen molar-refractivity contribution in [3.05, 3.63) is 0 Å². The van der Waals surface area contributed by atoms with Crippen LogP contribution in [0.2, 0.25) is 0 Å². The summed E-state index contributed by atoms with van der Waals surface area (Å²) in [6, 6.07) is 0. The first-order chi connectivity index (χ1) is 7.66. The highest BCUT2D eigenvalue weighted by Gasteiger charge is 2.30. The summed E-state index contributed by atoms with van der Waals surface area (Å²) < 4.78 is 11.2. The van der Waals surface area contributed by atoms with Gasteiger partial charge < -0.3 is 10.2 Å². The molecule has 0 aromatic heterocycles. The molecule has 0 aliphatic carbocycles. The Morgan fingerprint density at radius 1 is 1.31 bits per heavy atom. The van der Waals surface area contributed by atoms with Crippen molar-refractivity contribution in [2.75, 3.05) is 37.7 Å². The van der Waals surface area contributed by atoms with Crippen molar-refractivity contribution >= 4 is 16.7 Å². The molecule has 2 unspecified atom stereocenters. The molecule has 2 aliphatic rings. The first-order valence-electron chi connectivity index (χ1n) is 6.01. The van der Waals surface area contributed by atoms with E-state index in [4.69, 9.17) is 0 Å². The highest BCUT2D eigenvalue weighted by atomic mass is 32.2. The molecule has 0 aromatic carbocycles. The van der Waals surface area contributed by atoms with E-state index in [0.717, 1.165) is 19.5 Å². The third-order valence-corrected chi connectivity index (χ3v) is 4.68. The number of amides is 1. The summed E-state index contributed by atoms with van der Waals surface area (Å²) in [6.45, 7) is 5.36. The van der Waals surface area contributed by atoms with Crippen LogP contribution in [0.5, 0.6) is 0 Å². The van der Waals surface area contributed by atoms with Crippen LogP contribution in [0.25, 0.3) is 0 Å². The molecule has 5 heteroatoms. The topological polar surface area (TPSA) is 49.4 Å². The highest BCUT2D eigenvalue weighted by Crippen LogP contribution is 2.18. The van der Waals surface area contributed by atoms with E-state index < -0.39 is 10.8 Å². The largest absolute Gasteiger partial charge is 0.341 e. The minimum absolute atomic E-state index is 0.135. The molecular formula is C11H20N2O2S. The van der Waals surface area contributed by atoms with Gasteiger partial charge in [-0.15, -0.1) is 0 Å². The second-order valence-electron chi connectivity index (χ2n) is 4.87. The Hall–Kier alpha value is -0.420. The van der Waals surface area contributed by atoms with Crippen LogP contribution >= 0.6 is 0 Å². The van der Waals surface area contributed by atoms with Gasteiger partial charge in [0.05, 0.1) is 5.92 Å². The Bertz CT molecular complexity index is 286. The SMILES string of the molecule is CC1CNCC(C(=O)N2CCS(=O)CC2)C1. The van der Waals surface area contributed by atoms with Crippen molar-refractivity contribution in [3.63, 3.8) is 0 Å². The van der Waals surface area contributed by atoms with Gasteiger partial charge >= 0.3 is 0 Å². The van der Waals surface area contributed by atoms with E-state index in [9.17, 15) is 9.00 Å². The first kappa shape index (κ1) is 12.0. The summed E-state index contributed by atoms with van der Waals surface area (Å²) in [5.41, 5.74) is 0. The highest BCUT2D eigenvalue weighted by molar-refractivity contribution is 7.85. The average Bonchev–Trinajstić information content (AvgIpc) is 2.29. The number of hydrogen-bond donors (Lipinski definition) is 1. The van der Waals surface area contributed by atoms with Gasteiger partial charge in [0, 0.05) is 41.9 Å². The number of carbonyl (C=O) groups is 1. The van der Waals surface area contributed by atoms with Crippen molar-refractivity contribution in [1.82, 2.24) is 10.2 Å². The Morgan fingerprint density at radius 2 is 2.00 bits per heavy atom. The molecule has 0 aromatic rings. The summed E-state index contributed by atoms with van der Waals surface area (Å²) in [4.78, 5) is 14.1. The van der Waals surface area contributed by atoms with Gasteiger partial charge in [-0.2, -0.15) is 0 Å². The third-order valence-electron chi connectivity index (χ3n) is 3.41. The van der Waals surface area contributed by atoms with Gasteiger partial charge in [0.1, 0.15) is 0 Å². The fraction of sp³-hybridized carbons (Fsp3) is 0.909. The van der Waals surface area contributed by atoms with Crippen LogP contribution in [0.4, 0.5) is 0 Å². The predicted molar refractivity (Wildman–Crippen MR) is 64.6 cm³/mol. The lowest BCUT2D eigenvalue weighted by molar-refractivity contribution is -0.136. The summed E-state index contributed by atoms with van der Waals surface area (Å²) >= 11 is 0. The lowest BCUT2D eigenvalue weighted by atomic mass is 9.91. The van der Waals surface area contributed by atoms with Gasteiger partial charge in [0.15, 0.2) is 0 Å². The molecular weight excluding hydrogens is 224 g/mol. The maximum atomic E-state index is 12.2. The standard InChI is InChI=1S/C11H20N2O2S/c1-9-6-10(8-12-7-9)11(14)13-2-4-16(15)5-3-13/h9-10,12H,2-8H2,1H3. The number of hydrogen-bond acceptors (Lipinski definition) is 3. The molecule has 0 spiro atoms. The fourth-order valence-corrected chi connectivity index (χ4v) is 3.51. The zero-order valence-electron chi connectivity index (χ0n) is 9.78. The van der Waals surface area contributed by atoms with Crippen LogP contribution in [0.15, 0.2) is 0 Å². The van der Waals surface area contributed by atoms with Crippen LogP contribution in [0.3, 0.4) is 0 Å². The predicted octanol–water partition coefficient (Wildman–Crippen LogP) is -0.177. The number of piperidine rings is 1. The average molecular weight is 244 g/mol. The van der Waals surface area contributed by atoms with Crippen molar-refractivity contribution in [3.8, 4) is 0 Å². The van der Waals surface area contributed by atoms with Gasteiger partial charge in [-0.05, 0) is 18.9 Å². The van der Waals surface area contributed by atoms with E-state index in [1.807, 2.05) is 4.90 Å². The first-order valence-corrected chi connectivity index (χ1v) is 7.50. The van der Waals surface area contributed by atoms with Crippen molar-refractivity contribution < 1.29 is 9.00 Å². The number of nitrogens with one attached hydrogen (secondary N) is 1. The van der Waals surface area contributed by atoms with Gasteiger partial charge in [0.2, 0.25) is 5.91 Å². The zero-order valence-corrected chi connectivity index (χ0v) is 10.6. The molecule has 1 N–H and O–H groups in total. The molecule has 4 nitrogen and oxygen atoms in total. The third kappa shape index (κ3) is 2.83. The van der Waals surface area contributed by atoms with E-state index in [1.54, 1.807) is 0 Å². The van der Waals surface area contributed by atoms with Crippen LogP contribution in [-0.2, 0) is 15.6 Å². The minimum atomic E-state index is -0.699. The van der Waals surface area contributed by atoms with Gasteiger partial charge in [-0.1, -0.05) is 6.92 Å². The molecule has 92 valence electrons. The second kappa shape index (κ2) is 5.27. The van der Waals surface area contributed by atoms with E-state index in [0.29, 0.717) is 30.5 Å². The van der Waals surface area contributed by atoms with Crippen molar-refractivity contribution in [2.24, 2.45) is 11.8 Å². The lowest BCUT2D eigenvalue weighted by Gasteiger charge is -2.33. The Balaban J connectivity index is 1.89. The molecule has 2 rings (SSSR count). The van der Waals surface area contributed by atoms with Gasteiger partial charge in [-0.25, -0.2) is 0 Å². The van der Waals surface area contributed by atoms with Gasteiger partial charge in [-0.3, -0.25) is 9.00 Å². The molecule has 2 aliphatic heterocycles. The lowest BCUT2D eigenvalue weighted by Crippen LogP contribution is -2.49. The molecule has 16 heavy (non-hydrogen) atoms. The normalized spacial score (nSPS) is 32.7. The van der Waals surface area contributed by atoms with E-state index in [-0.39, 0.29) is 11.8 Å². The Labute approximate surface area is 99.2 Å². The second-order valence-corrected chi connectivity index (χ2v) is 6.57. The van der Waals surface area contributed by atoms with Gasteiger partial charge in [0.25, 0.3) is 0 Å². The number of carbonyl (C=O) groups excluding carboxylic acids is 1. The Morgan fingerprint density at radius 3 is 2.62 bits per heavy atom. The molecule has 0 radical (unpaired) electrons. The molecule has 1 amide bonds. The smallest absolute Gasteiger partial charge is 0.227 e. The van der Waals surface area contributed by atoms with Crippen LogP contribution < -0.4 is 5.32 Å². The number of rotatable bonds is 1. The quantitative estimate of drug-likeness (QED) is 0.696. The molecule has 2 heterocycles. The van der Waals surface area contributed by atoms with Crippen LogP contribution in [-0.4, -0.2) is 52.7 Å². The summed E-state index contributed by atoms with van der Waals surface area (Å²) in [6.07, 6.45) is 0.991. The maximum Gasteiger partial charge on any atom is 0.227 e. The molecule has 2 saturated heterocycles. The van der Waals surface area contributed by atoms with E-state index >= 15 is 0 Å². The zero-order chi connectivity index (χ0) is 11.5. The van der Waals surface area contributed by atoms with Crippen molar-refractivity contribution in [2.45, 2.75) is 13.3 Å². The Kier molecular flexibility index (Phi) is 3.97. The summed E-state index contributed by atoms with van der Waals surface area (Å²) in [7, 11) is -0.699. The van der Waals surface area contributed by atoms with E-state index in [2.05, 4.69) is 12.2 Å². The molecule has 0 bridgehead atoms. The molecule has 2 fully saturated rings. The fourth-order valence-electron chi connectivity index (χ4n) is 2.46. The minimum Gasteiger partial charge on any atom is -0.341 e. The van der Waals surface area contributed by atoms with Crippen molar-refractivity contribution in [1.29, 1.82) is 0 Å². The van der Waals surface area contributed by atoms with Crippen LogP contribution in [0.1, 0.15) is 13.3 Å². The summed E-state index contributed by atoms with van der Waals surface area (Å²) in [5, 5.41) is 3.31. The molecule has 0 saturated carbocycles. The summed E-state index contributed by atoms with van der Waals surface area (Å²) in [5.74, 6) is 2.29. The van der Waals surface area contributed by atoms with Crippen LogP contribution in [0, 0.1) is 11.8 Å². The monoisotopic (exact) mass is 244 g/mol. The number of nitrogens with zero attached hydrogens (tertiary/aromatic N) is 1. The maximum absolute atomic E-state index is 12.2.